The highest BCUT2D eigenvalue weighted by Gasteiger charge is 2.35. The topological polar surface area (TPSA) is 97.1 Å². The molecule has 8 nitrogen and oxygen atoms in total. The summed E-state index contributed by atoms with van der Waals surface area (Å²) in [6.45, 7) is 13.4. The van der Waals surface area contributed by atoms with Gasteiger partial charge in [-0.2, -0.15) is 0 Å². The van der Waals surface area contributed by atoms with E-state index >= 15 is 0 Å². The van der Waals surface area contributed by atoms with Crippen LogP contribution in [0.25, 0.3) is 0 Å². The monoisotopic (exact) mass is 432 g/mol. The number of rotatable bonds is 7. The number of nitrogens with zero attached hydrogens (tertiary/aromatic N) is 2. The number of carbonyl (C=O) groups excluding carboxylic acids is 2. The molecule has 0 spiro atoms. The number of hydrogen-bond acceptors (Lipinski definition) is 6. The normalized spacial score (nSPS) is 20.8. The minimum Gasteiger partial charge on any atom is -0.446 e. The van der Waals surface area contributed by atoms with Crippen molar-refractivity contribution in [2.24, 2.45) is 11.1 Å². The third kappa shape index (κ3) is 5.19. The smallest absolute Gasteiger partial charge is 0.414 e. The molecule has 1 fully saturated rings. The number of ether oxygens (including phenoxy) is 2. The van der Waals surface area contributed by atoms with Gasteiger partial charge < -0.3 is 25.4 Å². The summed E-state index contributed by atoms with van der Waals surface area (Å²) in [6, 6.07) is 5.76. The third-order valence-corrected chi connectivity index (χ3v) is 5.93. The molecule has 172 valence electrons. The molecule has 2 aliphatic heterocycles. The average molecular weight is 433 g/mol. The highest BCUT2D eigenvalue weighted by molar-refractivity contribution is 6.02. The van der Waals surface area contributed by atoms with Gasteiger partial charge in [0, 0.05) is 44.4 Å². The van der Waals surface area contributed by atoms with Crippen LogP contribution >= 0.6 is 0 Å². The second-order valence-electron chi connectivity index (χ2n) is 9.40. The van der Waals surface area contributed by atoms with Crippen LogP contribution in [-0.2, 0) is 14.3 Å². The van der Waals surface area contributed by atoms with E-state index in [-0.39, 0.29) is 29.4 Å². The fourth-order valence-corrected chi connectivity index (χ4v) is 4.25. The summed E-state index contributed by atoms with van der Waals surface area (Å²) >= 11 is 0. The van der Waals surface area contributed by atoms with Gasteiger partial charge >= 0.3 is 6.09 Å². The molecule has 8 heteroatoms. The molecule has 0 bridgehead atoms. The Morgan fingerprint density at radius 3 is 2.58 bits per heavy atom. The van der Waals surface area contributed by atoms with Crippen molar-refractivity contribution in [3.63, 3.8) is 0 Å². The Hall–Kier alpha value is -2.16. The van der Waals surface area contributed by atoms with Gasteiger partial charge in [-0.1, -0.05) is 13.0 Å². The van der Waals surface area contributed by atoms with Crippen molar-refractivity contribution in [3.05, 3.63) is 23.8 Å². The van der Waals surface area contributed by atoms with Gasteiger partial charge in [-0.3, -0.25) is 9.69 Å². The summed E-state index contributed by atoms with van der Waals surface area (Å²) in [7, 11) is 0. The maximum Gasteiger partial charge on any atom is 0.414 e. The Balaban J connectivity index is 1.86. The fraction of sp³-hybridized carbons (Fsp3) is 0.652. The first-order valence-corrected chi connectivity index (χ1v) is 11.1. The zero-order chi connectivity index (χ0) is 22.8. The lowest BCUT2D eigenvalue weighted by molar-refractivity contribution is -0.117. The third-order valence-electron chi connectivity index (χ3n) is 5.93. The van der Waals surface area contributed by atoms with Crippen LogP contribution in [0.4, 0.5) is 16.2 Å². The molecule has 0 aromatic heterocycles. The lowest BCUT2D eigenvalue weighted by Crippen LogP contribution is -2.51. The van der Waals surface area contributed by atoms with Crippen LogP contribution in [0.3, 0.4) is 0 Å². The fourth-order valence-electron chi connectivity index (χ4n) is 4.25. The first-order valence-electron chi connectivity index (χ1n) is 11.1. The lowest BCUT2D eigenvalue weighted by atomic mass is 9.88. The Morgan fingerprint density at radius 1 is 1.32 bits per heavy atom. The summed E-state index contributed by atoms with van der Waals surface area (Å²) < 4.78 is 10.8. The Labute approximate surface area is 185 Å². The molecule has 2 amide bonds. The van der Waals surface area contributed by atoms with Crippen molar-refractivity contribution >= 4 is 23.4 Å². The molecular weight excluding hydrogens is 396 g/mol. The molecule has 1 unspecified atom stereocenters. The number of fused-ring (bicyclic) bond motifs is 1. The van der Waals surface area contributed by atoms with Gasteiger partial charge in [-0.15, -0.1) is 0 Å². The maximum absolute atomic E-state index is 12.8. The summed E-state index contributed by atoms with van der Waals surface area (Å²) in [4.78, 5) is 28.5. The van der Waals surface area contributed by atoms with E-state index in [2.05, 4.69) is 12.2 Å². The van der Waals surface area contributed by atoms with Crippen molar-refractivity contribution in [1.82, 2.24) is 5.32 Å². The van der Waals surface area contributed by atoms with Crippen LogP contribution < -0.4 is 20.9 Å². The summed E-state index contributed by atoms with van der Waals surface area (Å²) in [5, 5.41) is 3.52. The minimum absolute atomic E-state index is 0.0496. The van der Waals surface area contributed by atoms with Crippen LogP contribution in [0, 0.1) is 5.41 Å². The van der Waals surface area contributed by atoms with Crippen molar-refractivity contribution in [3.8, 4) is 0 Å². The van der Waals surface area contributed by atoms with E-state index in [0.717, 1.165) is 37.6 Å². The second kappa shape index (κ2) is 9.54. The van der Waals surface area contributed by atoms with Gasteiger partial charge in [0.15, 0.2) is 0 Å². The average Bonchev–Trinajstić information content (AvgIpc) is 2.68. The predicted octanol–water partition coefficient (Wildman–Crippen LogP) is 2.46. The van der Waals surface area contributed by atoms with E-state index in [0.29, 0.717) is 18.8 Å². The molecule has 1 aromatic carbocycles. The molecular formula is C23H36N4O4. The molecule has 31 heavy (non-hydrogen) atoms. The molecule has 0 radical (unpaired) electrons. The molecule has 3 N–H and O–H groups in total. The minimum atomic E-state index is -0.399. The summed E-state index contributed by atoms with van der Waals surface area (Å²) in [6.07, 6.45) is -0.623. The molecule has 2 heterocycles. The predicted molar refractivity (Wildman–Crippen MR) is 122 cm³/mol. The van der Waals surface area contributed by atoms with Gasteiger partial charge in [0.25, 0.3) is 0 Å². The van der Waals surface area contributed by atoms with Crippen LogP contribution in [0.5, 0.6) is 0 Å². The Bertz CT molecular complexity index is 809. The van der Waals surface area contributed by atoms with Gasteiger partial charge in [-0.05, 0) is 38.5 Å². The number of nitrogens with one attached hydrogen (secondary N) is 1. The molecule has 1 saturated heterocycles. The van der Waals surface area contributed by atoms with Gasteiger partial charge in [0.1, 0.15) is 0 Å². The zero-order valence-electron chi connectivity index (χ0n) is 19.3. The zero-order valence-corrected chi connectivity index (χ0v) is 19.3. The van der Waals surface area contributed by atoms with Crippen molar-refractivity contribution in [1.29, 1.82) is 0 Å². The van der Waals surface area contributed by atoms with Crippen molar-refractivity contribution in [2.75, 3.05) is 49.2 Å². The van der Waals surface area contributed by atoms with E-state index in [1.807, 2.05) is 39.0 Å². The number of benzene rings is 1. The highest BCUT2D eigenvalue weighted by Crippen LogP contribution is 2.38. The number of carbonyl (C=O) groups is 2. The highest BCUT2D eigenvalue weighted by atomic mass is 16.6. The molecule has 1 aromatic rings. The number of hydrogen-bond donors (Lipinski definition) is 2. The molecule has 3 rings (SSSR count). The standard InChI is InChI=1S/C23H36N4O4/c1-15(2)31-22(29)26-11-16(3)27(17(4)28)20-7-6-18(8-21(20)26)19(9-24)10-25-12-23(5)13-30-14-23/h6-8,15-16,19,25H,9-14,24H2,1-5H3/t16-,19?/m0/s1. The Kier molecular flexibility index (Phi) is 7.24. The van der Waals surface area contributed by atoms with Crippen LogP contribution in [0.2, 0.25) is 0 Å². The van der Waals surface area contributed by atoms with Crippen LogP contribution in [-0.4, -0.2) is 63.5 Å². The quantitative estimate of drug-likeness (QED) is 0.687. The molecule has 0 saturated carbocycles. The first-order chi connectivity index (χ1) is 14.6. The number of nitrogens with two attached hydrogens (primary N) is 1. The van der Waals surface area contributed by atoms with E-state index < -0.39 is 6.09 Å². The van der Waals surface area contributed by atoms with E-state index in [1.54, 1.807) is 16.7 Å². The lowest BCUT2D eigenvalue weighted by Gasteiger charge is -2.41. The van der Waals surface area contributed by atoms with Crippen LogP contribution in [0.1, 0.15) is 46.1 Å². The molecule has 2 atom stereocenters. The van der Waals surface area contributed by atoms with E-state index in [9.17, 15) is 9.59 Å². The van der Waals surface area contributed by atoms with Gasteiger partial charge in [0.05, 0.1) is 36.7 Å². The number of anilines is 2. The van der Waals surface area contributed by atoms with Gasteiger partial charge in [-0.25, -0.2) is 4.79 Å². The Morgan fingerprint density at radius 2 is 2.03 bits per heavy atom. The van der Waals surface area contributed by atoms with Gasteiger partial charge in [0.2, 0.25) is 5.91 Å². The summed E-state index contributed by atoms with van der Waals surface area (Å²) in [5.41, 5.74) is 8.73. The molecule has 0 aliphatic carbocycles. The van der Waals surface area contributed by atoms with E-state index in [1.165, 1.54) is 0 Å². The SMILES string of the molecule is CC(=O)N1c2ccc(C(CN)CNCC3(C)COC3)cc2N(C(=O)OC(C)C)C[C@@H]1C. The maximum atomic E-state index is 12.8. The van der Waals surface area contributed by atoms with E-state index in [4.69, 9.17) is 15.2 Å². The van der Waals surface area contributed by atoms with Crippen molar-refractivity contribution < 1.29 is 19.1 Å². The largest absolute Gasteiger partial charge is 0.446 e. The van der Waals surface area contributed by atoms with Crippen molar-refractivity contribution in [2.45, 2.75) is 52.7 Å². The molecule has 2 aliphatic rings. The van der Waals surface area contributed by atoms with Crippen LogP contribution in [0.15, 0.2) is 18.2 Å². The second-order valence-corrected chi connectivity index (χ2v) is 9.40. The summed E-state index contributed by atoms with van der Waals surface area (Å²) in [5.74, 6) is 0.0365. The number of amides is 2. The first kappa shape index (κ1) is 23.5.